The second-order valence-corrected chi connectivity index (χ2v) is 14.8. The highest BCUT2D eigenvalue weighted by atomic mass is 127. The van der Waals surface area contributed by atoms with Gasteiger partial charge in [0.2, 0.25) is 0 Å². The van der Waals surface area contributed by atoms with Gasteiger partial charge in [-0.2, -0.15) is 0 Å². The lowest BCUT2D eigenvalue weighted by Crippen LogP contribution is -2.51. The topological polar surface area (TPSA) is 30.7 Å². The minimum Gasteiger partial charge on any atom is -0.357 e. The third kappa shape index (κ3) is 2.58. The van der Waals surface area contributed by atoms with E-state index >= 15 is 0 Å². The third-order valence-electron chi connectivity index (χ3n) is 5.72. The maximum Gasteiger partial charge on any atom is 0.171 e. The number of nitrogens with zero attached hydrogens (tertiary/aromatic N) is 3. The second-order valence-electron chi connectivity index (χ2n) is 7.93. The Morgan fingerprint density at radius 2 is 1.61 bits per heavy atom. The Labute approximate surface area is 154 Å². The number of aromatic nitrogens is 3. The molecule has 2 aromatic rings. The van der Waals surface area contributed by atoms with Crippen molar-refractivity contribution in [3.8, 4) is 0 Å². The summed E-state index contributed by atoms with van der Waals surface area (Å²) in [7, 11) is -1.76. The van der Waals surface area contributed by atoms with Crippen molar-refractivity contribution in [2.75, 3.05) is 0 Å². The normalized spacial score (nSPS) is 16.3. The van der Waals surface area contributed by atoms with Crippen LogP contribution >= 0.6 is 22.6 Å². The van der Waals surface area contributed by atoms with Crippen molar-refractivity contribution in [3.05, 3.63) is 21.8 Å². The standard InChI is InChI=1S/C18H28IN3Si/c1-11(2)23(12(3)4,13(5)6)22-9-15(19)16-17(14-7-8-14)20-10-21-18(16)22/h9-14H,7-8H2,1-6H3. The Bertz CT molecular complexity index is 695. The highest BCUT2D eigenvalue weighted by Gasteiger charge is 2.46. The van der Waals surface area contributed by atoms with Crippen molar-refractivity contribution in [3.63, 3.8) is 0 Å². The lowest BCUT2D eigenvalue weighted by atomic mass is 10.2. The number of rotatable bonds is 5. The predicted molar refractivity (Wildman–Crippen MR) is 109 cm³/mol. The third-order valence-corrected chi connectivity index (χ3v) is 13.3. The van der Waals surface area contributed by atoms with Gasteiger partial charge in [-0.3, -0.25) is 0 Å². The van der Waals surface area contributed by atoms with Crippen LogP contribution in [0, 0.1) is 3.57 Å². The summed E-state index contributed by atoms with van der Waals surface area (Å²) in [5.41, 5.74) is 4.50. The SMILES string of the molecule is CC(C)[Si](C(C)C)(C(C)C)n1cc(I)c2c(C3CC3)ncnc21. The van der Waals surface area contributed by atoms with E-state index < -0.39 is 8.24 Å². The molecule has 126 valence electrons. The van der Waals surface area contributed by atoms with Crippen molar-refractivity contribution in [1.29, 1.82) is 0 Å². The van der Waals surface area contributed by atoms with Gasteiger partial charge in [0, 0.05) is 15.7 Å². The van der Waals surface area contributed by atoms with Crippen LogP contribution in [-0.2, 0) is 0 Å². The second kappa shape index (κ2) is 6.13. The molecule has 1 fully saturated rings. The van der Waals surface area contributed by atoms with Crippen molar-refractivity contribution >= 4 is 41.9 Å². The molecule has 0 aliphatic heterocycles. The van der Waals surface area contributed by atoms with E-state index in [1.54, 1.807) is 6.33 Å². The fourth-order valence-corrected chi connectivity index (χ4v) is 12.5. The summed E-state index contributed by atoms with van der Waals surface area (Å²) < 4.78 is 3.96. The highest BCUT2D eigenvalue weighted by Crippen LogP contribution is 2.47. The molecule has 5 heteroatoms. The van der Waals surface area contributed by atoms with Gasteiger partial charge in [-0.05, 0) is 52.1 Å². The Kier molecular flexibility index (Phi) is 4.64. The molecule has 3 nitrogen and oxygen atoms in total. The van der Waals surface area contributed by atoms with Crippen LogP contribution in [0.4, 0.5) is 0 Å². The molecule has 3 rings (SSSR count). The molecular formula is C18H28IN3Si. The molecule has 1 aliphatic carbocycles. The molecule has 2 aromatic heterocycles. The number of fused-ring (bicyclic) bond motifs is 1. The van der Waals surface area contributed by atoms with Gasteiger partial charge in [-0.25, -0.2) is 9.97 Å². The smallest absolute Gasteiger partial charge is 0.171 e. The molecule has 0 N–H and O–H groups in total. The van der Waals surface area contributed by atoms with E-state index in [1.807, 2.05) is 0 Å². The van der Waals surface area contributed by atoms with E-state index in [2.05, 4.69) is 79.5 Å². The first kappa shape index (κ1) is 17.4. The molecule has 2 heterocycles. The van der Waals surface area contributed by atoms with E-state index in [9.17, 15) is 0 Å². The van der Waals surface area contributed by atoms with E-state index in [-0.39, 0.29) is 0 Å². The van der Waals surface area contributed by atoms with Crippen LogP contribution in [0.5, 0.6) is 0 Å². The van der Waals surface area contributed by atoms with Gasteiger partial charge < -0.3 is 4.23 Å². The lowest BCUT2D eigenvalue weighted by Gasteiger charge is -2.44. The van der Waals surface area contributed by atoms with Gasteiger partial charge in [0.15, 0.2) is 8.24 Å². The van der Waals surface area contributed by atoms with E-state index in [0.29, 0.717) is 22.5 Å². The summed E-state index contributed by atoms with van der Waals surface area (Å²) in [6, 6.07) is 0. The minimum atomic E-state index is -1.76. The van der Waals surface area contributed by atoms with Gasteiger partial charge >= 0.3 is 0 Å². The van der Waals surface area contributed by atoms with Gasteiger partial charge in [-0.1, -0.05) is 41.5 Å². The van der Waals surface area contributed by atoms with E-state index in [0.717, 1.165) is 0 Å². The molecule has 0 radical (unpaired) electrons. The molecular weight excluding hydrogens is 413 g/mol. The van der Waals surface area contributed by atoms with Crippen molar-refractivity contribution in [1.82, 2.24) is 14.2 Å². The Morgan fingerprint density at radius 1 is 1.04 bits per heavy atom. The number of hydrogen-bond acceptors (Lipinski definition) is 2. The molecule has 0 aromatic carbocycles. The van der Waals surface area contributed by atoms with Gasteiger partial charge in [0.05, 0.1) is 11.1 Å². The Hall–Kier alpha value is -0.433. The number of hydrogen-bond donors (Lipinski definition) is 0. The Morgan fingerprint density at radius 3 is 2.09 bits per heavy atom. The monoisotopic (exact) mass is 441 g/mol. The summed E-state index contributed by atoms with van der Waals surface area (Å²) in [5, 5.41) is 1.33. The lowest BCUT2D eigenvalue weighted by molar-refractivity contribution is 0.769. The zero-order chi connectivity index (χ0) is 16.9. The van der Waals surface area contributed by atoms with E-state index in [4.69, 9.17) is 4.98 Å². The molecule has 0 bridgehead atoms. The first-order chi connectivity index (χ1) is 10.8. The highest BCUT2D eigenvalue weighted by molar-refractivity contribution is 14.1. The minimum absolute atomic E-state index is 0.665. The number of halogens is 1. The van der Waals surface area contributed by atoms with Gasteiger partial charge in [0.25, 0.3) is 0 Å². The van der Waals surface area contributed by atoms with Gasteiger partial charge in [-0.15, -0.1) is 0 Å². The maximum absolute atomic E-state index is 4.77. The molecule has 0 amide bonds. The molecule has 1 aliphatic rings. The largest absolute Gasteiger partial charge is 0.357 e. The average molecular weight is 441 g/mol. The predicted octanol–water partition coefficient (Wildman–Crippen LogP) is 5.94. The van der Waals surface area contributed by atoms with Crippen LogP contribution in [0.25, 0.3) is 11.0 Å². The van der Waals surface area contributed by atoms with Gasteiger partial charge in [0.1, 0.15) is 12.0 Å². The summed E-state index contributed by atoms with van der Waals surface area (Å²) in [5.74, 6) is 0.665. The molecule has 0 spiro atoms. The average Bonchev–Trinajstić information content (AvgIpc) is 3.24. The first-order valence-corrected chi connectivity index (χ1v) is 12.1. The summed E-state index contributed by atoms with van der Waals surface area (Å²) in [4.78, 5) is 9.41. The summed E-state index contributed by atoms with van der Waals surface area (Å²) in [6.45, 7) is 14.5. The molecule has 0 saturated heterocycles. The maximum atomic E-state index is 4.77. The molecule has 23 heavy (non-hydrogen) atoms. The van der Waals surface area contributed by atoms with Crippen LogP contribution < -0.4 is 0 Å². The first-order valence-electron chi connectivity index (χ1n) is 8.83. The summed E-state index contributed by atoms with van der Waals surface area (Å²) in [6.07, 6.45) is 6.75. The zero-order valence-electron chi connectivity index (χ0n) is 15.1. The van der Waals surface area contributed by atoms with Crippen molar-refractivity contribution in [2.45, 2.75) is 76.9 Å². The van der Waals surface area contributed by atoms with Crippen molar-refractivity contribution < 1.29 is 0 Å². The van der Waals surface area contributed by atoms with Crippen LogP contribution in [0.2, 0.25) is 16.6 Å². The summed E-state index contributed by atoms with van der Waals surface area (Å²) >= 11 is 2.50. The zero-order valence-corrected chi connectivity index (χ0v) is 18.3. The quantitative estimate of drug-likeness (QED) is 0.425. The van der Waals surface area contributed by atoms with Crippen LogP contribution in [0.3, 0.4) is 0 Å². The van der Waals surface area contributed by atoms with Crippen molar-refractivity contribution in [2.24, 2.45) is 0 Å². The van der Waals surface area contributed by atoms with Crippen LogP contribution in [0.1, 0.15) is 66.0 Å². The Balaban J connectivity index is 2.32. The fourth-order valence-electron chi connectivity index (χ4n) is 4.84. The molecule has 0 atom stereocenters. The van der Waals surface area contributed by atoms with E-state index in [1.165, 1.54) is 33.1 Å². The van der Waals surface area contributed by atoms with Crippen LogP contribution in [-0.4, -0.2) is 22.4 Å². The molecule has 0 unspecified atom stereocenters. The van der Waals surface area contributed by atoms with Crippen LogP contribution in [0.15, 0.2) is 12.5 Å². The fraction of sp³-hybridized carbons (Fsp3) is 0.667. The molecule has 1 saturated carbocycles.